The Hall–Kier alpha value is -1.52. The third-order valence-corrected chi connectivity index (χ3v) is 4.78. The van der Waals surface area contributed by atoms with Gasteiger partial charge in [0.15, 0.2) is 0 Å². The third kappa shape index (κ3) is 3.39. The molecule has 1 aliphatic heterocycles. The van der Waals surface area contributed by atoms with Gasteiger partial charge in [-0.15, -0.1) is 0 Å². The lowest BCUT2D eigenvalue weighted by atomic mass is 9.72. The number of Topliss-reactive ketones (excluding diaryl/α,β-unsaturated/α-hetero) is 2. The Bertz CT molecular complexity index is 467. The normalized spacial score (nSPS) is 31.7. The predicted molar refractivity (Wildman–Crippen MR) is 76.2 cm³/mol. The van der Waals surface area contributed by atoms with Crippen LogP contribution >= 0.6 is 0 Å². The Balaban J connectivity index is 1.99. The highest BCUT2D eigenvalue weighted by Gasteiger charge is 2.38. The van der Waals surface area contributed by atoms with E-state index in [1.165, 1.54) is 7.05 Å². The number of hydrogen-bond donors (Lipinski definition) is 0. The molecule has 1 heterocycles. The number of likely N-dealkylation sites (tertiary alicyclic amines) is 1. The zero-order chi connectivity index (χ0) is 15.7. The number of piperidine rings is 1. The molecule has 0 aromatic rings. The molecule has 5 heteroatoms. The van der Waals surface area contributed by atoms with Crippen molar-refractivity contribution in [3.8, 4) is 0 Å². The molecule has 1 unspecified atom stereocenters. The summed E-state index contributed by atoms with van der Waals surface area (Å²) in [6.07, 6.45) is 2.06. The molecule has 2 fully saturated rings. The van der Waals surface area contributed by atoms with Crippen LogP contribution in [0.25, 0.3) is 0 Å². The van der Waals surface area contributed by atoms with Gasteiger partial charge >= 0.3 is 0 Å². The lowest BCUT2D eigenvalue weighted by Gasteiger charge is -2.31. The van der Waals surface area contributed by atoms with Crippen LogP contribution in [0.5, 0.6) is 0 Å². The number of ketones is 2. The molecule has 1 saturated heterocycles. The van der Waals surface area contributed by atoms with Gasteiger partial charge in [0.25, 0.3) is 0 Å². The molecule has 0 N–H and O–H groups in total. The van der Waals surface area contributed by atoms with Crippen LogP contribution in [0.15, 0.2) is 0 Å². The summed E-state index contributed by atoms with van der Waals surface area (Å²) in [5, 5.41) is 0. The first-order chi connectivity index (χ1) is 9.79. The van der Waals surface area contributed by atoms with Crippen molar-refractivity contribution in [2.75, 3.05) is 7.05 Å². The molecule has 3 atom stereocenters. The van der Waals surface area contributed by atoms with Crippen molar-refractivity contribution in [1.29, 1.82) is 0 Å². The number of carbonyl (C=O) groups excluding carboxylic acids is 4. The number of hydrogen-bond acceptors (Lipinski definition) is 4. The van der Waals surface area contributed by atoms with Crippen LogP contribution < -0.4 is 0 Å². The Morgan fingerprint density at radius 2 is 1.67 bits per heavy atom. The average molecular weight is 293 g/mol. The zero-order valence-corrected chi connectivity index (χ0v) is 12.9. The van der Waals surface area contributed by atoms with Crippen molar-refractivity contribution in [2.45, 2.75) is 46.0 Å². The molecule has 0 bridgehead atoms. The van der Waals surface area contributed by atoms with Crippen molar-refractivity contribution in [3.63, 3.8) is 0 Å². The van der Waals surface area contributed by atoms with E-state index in [1.807, 2.05) is 6.92 Å². The Kier molecular flexibility index (Phi) is 4.59. The van der Waals surface area contributed by atoms with Crippen molar-refractivity contribution in [3.05, 3.63) is 0 Å². The van der Waals surface area contributed by atoms with E-state index in [9.17, 15) is 19.2 Å². The van der Waals surface area contributed by atoms with Gasteiger partial charge in [-0.05, 0) is 24.7 Å². The molecule has 2 aliphatic rings. The average Bonchev–Trinajstić information content (AvgIpc) is 2.39. The van der Waals surface area contributed by atoms with E-state index in [0.717, 1.165) is 11.3 Å². The standard InChI is InChI=1S/C16H23NO4/c1-9-4-10(2)16(21)12(5-9)13(18)6-11-7-14(19)17(3)15(20)8-11/h9-12H,4-8H2,1-3H3/t9-,10-,12?/m0/s1. The molecule has 1 aliphatic carbocycles. The minimum absolute atomic E-state index is 0.0312. The second-order valence-corrected chi connectivity index (χ2v) is 6.72. The summed E-state index contributed by atoms with van der Waals surface area (Å²) in [5.41, 5.74) is 0. The second-order valence-electron chi connectivity index (χ2n) is 6.72. The van der Waals surface area contributed by atoms with E-state index in [2.05, 4.69) is 6.92 Å². The fourth-order valence-electron chi connectivity index (χ4n) is 3.52. The smallest absolute Gasteiger partial charge is 0.229 e. The first-order valence-electron chi connectivity index (χ1n) is 7.65. The van der Waals surface area contributed by atoms with Crippen LogP contribution in [-0.2, 0) is 19.2 Å². The molecule has 2 amide bonds. The van der Waals surface area contributed by atoms with Crippen molar-refractivity contribution >= 4 is 23.4 Å². The Morgan fingerprint density at radius 1 is 1.10 bits per heavy atom. The van der Waals surface area contributed by atoms with Crippen molar-refractivity contribution in [2.24, 2.45) is 23.7 Å². The van der Waals surface area contributed by atoms with E-state index >= 15 is 0 Å². The number of rotatable bonds is 3. The van der Waals surface area contributed by atoms with Gasteiger partial charge in [-0.2, -0.15) is 0 Å². The summed E-state index contributed by atoms with van der Waals surface area (Å²) in [6, 6.07) is 0. The summed E-state index contributed by atoms with van der Waals surface area (Å²) in [4.78, 5) is 49.0. The maximum atomic E-state index is 12.4. The molecule has 116 valence electrons. The minimum atomic E-state index is -0.534. The third-order valence-electron chi connectivity index (χ3n) is 4.78. The SMILES string of the molecule is C[C@@H]1CC(C(=O)CC2CC(=O)N(C)C(=O)C2)C(=O)[C@@H](C)C1. The summed E-state index contributed by atoms with van der Waals surface area (Å²) in [5.74, 6) is -1.00. The zero-order valence-electron chi connectivity index (χ0n) is 12.9. The molecule has 5 nitrogen and oxygen atoms in total. The van der Waals surface area contributed by atoms with Crippen molar-refractivity contribution < 1.29 is 19.2 Å². The summed E-state index contributed by atoms with van der Waals surface area (Å²) < 4.78 is 0. The van der Waals surface area contributed by atoms with Gasteiger partial charge in [0.05, 0.1) is 5.92 Å². The highest BCUT2D eigenvalue weighted by atomic mass is 16.2. The molecule has 0 radical (unpaired) electrons. The first-order valence-corrected chi connectivity index (χ1v) is 7.65. The molecule has 0 aromatic heterocycles. The van der Waals surface area contributed by atoms with Gasteiger partial charge < -0.3 is 0 Å². The van der Waals surface area contributed by atoms with E-state index in [0.29, 0.717) is 12.3 Å². The van der Waals surface area contributed by atoms with E-state index in [4.69, 9.17) is 0 Å². The molecule has 2 rings (SSSR count). The van der Waals surface area contributed by atoms with Gasteiger partial charge in [0, 0.05) is 32.2 Å². The number of amides is 2. The summed E-state index contributed by atoms with van der Waals surface area (Å²) in [7, 11) is 1.47. The van der Waals surface area contributed by atoms with Gasteiger partial charge in [-0.1, -0.05) is 13.8 Å². The predicted octanol–water partition coefficient (Wildman–Crippen LogP) is 1.59. The second kappa shape index (κ2) is 6.08. The molecule has 1 saturated carbocycles. The molecule has 0 aromatic carbocycles. The number of nitrogens with zero attached hydrogens (tertiary/aromatic N) is 1. The van der Waals surface area contributed by atoms with Crippen LogP contribution in [0.2, 0.25) is 0 Å². The van der Waals surface area contributed by atoms with E-state index in [-0.39, 0.29) is 54.5 Å². The van der Waals surface area contributed by atoms with E-state index in [1.54, 1.807) is 0 Å². The fourth-order valence-corrected chi connectivity index (χ4v) is 3.52. The molecule has 21 heavy (non-hydrogen) atoms. The van der Waals surface area contributed by atoms with Crippen LogP contribution in [0.4, 0.5) is 0 Å². The minimum Gasteiger partial charge on any atom is -0.299 e. The first kappa shape index (κ1) is 15.9. The van der Waals surface area contributed by atoms with Crippen LogP contribution in [-0.4, -0.2) is 35.3 Å². The van der Waals surface area contributed by atoms with Gasteiger partial charge in [0.1, 0.15) is 11.6 Å². The Labute approximate surface area is 125 Å². The molecular weight excluding hydrogens is 270 g/mol. The maximum absolute atomic E-state index is 12.4. The van der Waals surface area contributed by atoms with Gasteiger partial charge in [-0.3, -0.25) is 24.1 Å². The molecular formula is C16H23NO4. The highest BCUT2D eigenvalue weighted by molar-refractivity contribution is 6.04. The lowest BCUT2D eigenvalue weighted by Crippen LogP contribution is -2.42. The summed E-state index contributed by atoms with van der Waals surface area (Å²) in [6.45, 7) is 3.94. The monoisotopic (exact) mass is 293 g/mol. The highest BCUT2D eigenvalue weighted by Crippen LogP contribution is 2.33. The maximum Gasteiger partial charge on any atom is 0.229 e. The van der Waals surface area contributed by atoms with Gasteiger partial charge in [-0.25, -0.2) is 0 Å². The van der Waals surface area contributed by atoms with Crippen LogP contribution in [0.3, 0.4) is 0 Å². The topological polar surface area (TPSA) is 71.5 Å². The largest absolute Gasteiger partial charge is 0.299 e. The van der Waals surface area contributed by atoms with Crippen LogP contribution in [0, 0.1) is 23.7 Å². The Morgan fingerprint density at radius 3 is 2.24 bits per heavy atom. The number of imide groups is 1. The van der Waals surface area contributed by atoms with Gasteiger partial charge in [0.2, 0.25) is 11.8 Å². The quantitative estimate of drug-likeness (QED) is 0.585. The summed E-state index contributed by atoms with van der Waals surface area (Å²) >= 11 is 0. The fraction of sp³-hybridized carbons (Fsp3) is 0.750. The van der Waals surface area contributed by atoms with E-state index < -0.39 is 5.92 Å². The van der Waals surface area contributed by atoms with Crippen LogP contribution in [0.1, 0.15) is 46.0 Å². The molecule has 0 spiro atoms. The van der Waals surface area contributed by atoms with Crippen molar-refractivity contribution in [1.82, 2.24) is 4.90 Å². The number of carbonyl (C=O) groups is 4. The lowest BCUT2D eigenvalue weighted by molar-refractivity contribution is -0.148.